The van der Waals surface area contributed by atoms with Crippen molar-refractivity contribution in [2.45, 2.75) is 6.54 Å². The largest absolute Gasteiger partial charge is 0.375 e. The van der Waals surface area contributed by atoms with Gasteiger partial charge in [0.1, 0.15) is 22.3 Å². The Kier molecular flexibility index (Phi) is 5.53. The number of H-pyrrole nitrogens is 1. The summed E-state index contributed by atoms with van der Waals surface area (Å²) >= 11 is 7.72. The average molecular weight is 504 g/mol. The zero-order valence-corrected chi connectivity index (χ0v) is 20.6. The summed E-state index contributed by atoms with van der Waals surface area (Å²) in [5.74, 6) is 1.67. The number of thiophene rings is 1. The van der Waals surface area contributed by atoms with Crippen LogP contribution in [0.15, 0.2) is 41.9 Å². The van der Waals surface area contributed by atoms with Crippen LogP contribution in [-0.4, -0.2) is 62.7 Å². The van der Waals surface area contributed by atoms with Gasteiger partial charge in [0, 0.05) is 43.2 Å². The van der Waals surface area contributed by atoms with Crippen molar-refractivity contribution in [2.24, 2.45) is 0 Å². The van der Waals surface area contributed by atoms with Gasteiger partial charge in [-0.05, 0) is 25.2 Å². The van der Waals surface area contributed by atoms with Gasteiger partial charge in [-0.1, -0.05) is 17.7 Å². The zero-order valence-electron chi connectivity index (χ0n) is 19.0. The van der Waals surface area contributed by atoms with Crippen molar-refractivity contribution in [1.29, 1.82) is 5.26 Å². The number of likely N-dealkylation sites (N-methyl/N-ethyl adjacent to an activating group) is 1. The van der Waals surface area contributed by atoms with E-state index in [1.54, 1.807) is 0 Å². The van der Waals surface area contributed by atoms with E-state index >= 15 is 0 Å². The average Bonchev–Trinajstić information content (AvgIpc) is 3.61. The molecular formula is C24H22ClN9S. The molecule has 1 aliphatic rings. The Morgan fingerprint density at radius 3 is 2.86 bits per heavy atom. The van der Waals surface area contributed by atoms with E-state index in [1.165, 1.54) is 11.3 Å². The van der Waals surface area contributed by atoms with E-state index in [2.05, 4.69) is 49.3 Å². The first-order valence-electron chi connectivity index (χ1n) is 11.3. The molecule has 11 heteroatoms. The second kappa shape index (κ2) is 8.85. The number of hydrogen-bond donors (Lipinski definition) is 2. The number of aromatic nitrogens is 5. The van der Waals surface area contributed by atoms with Crippen molar-refractivity contribution >= 4 is 51.1 Å². The first-order chi connectivity index (χ1) is 17.1. The quantitative estimate of drug-likeness (QED) is 0.370. The van der Waals surface area contributed by atoms with Crippen LogP contribution in [0.3, 0.4) is 0 Å². The molecule has 1 aromatic carbocycles. The highest BCUT2D eigenvalue weighted by atomic mass is 35.5. The highest BCUT2D eigenvalue weighted by Gasteiger charge is 2.20. The minimum absolute atomic E-state index is 0.478. The van der Waals surface area contributed by atoms with E-state index < -0.39 is 0 Å². The predicted octanol–water partition coefficient (Wildman–Crippen LogP) is 4.22. The van der Waals surface area contributed by atoms with Gasteiger partial charge < -0.3 is 20.1 Å². The van der Waals surface area contributed by atoms with Crippen molar-refractivity contribution in [3.05, 3.63) is 57.6 Å². The van der Waals surface area contributed by atoms with Gasteiger partial charge in [0.05, 0.1) is 34.7 Å². The molecule has 0 spiro atoms. The molecule has 6 rings (SSSR count). The topological polar surface area (TPSA) is 101 Å². The fraction of sp³-hybridized carbons (Fsp3) is 0.250. The molecule has 1 fully saturated rings. The number of halogens is 1. The van der Waals surface area contributed by atoms with Gasteiger partial charge in [-0.3, -0.25) is 0 Å². The molecule has 9 nitrogen and oxygen atoms in total. The Bertz CT molecular complexity index is 1570. The SMILES string of the molecule is CN1CCN(c2cc(NCc3nc4c(Cl)cccc4[nH]3)c3ncc(-c4csc(C#N)c4)n3n2)CC1. The minimum Gasteiger partial charge on any atom is -0.375 e. The third-order valence-electron chi connectivity index (χ3n) is 6.25. The lowest BCUT2D eigenvalue weighted by atomic mass is 10.2. The molecule has 0 bridgehead atoms. The molecule has 5 aromatic rings. The van der Waals surface area contributed by atoms with Gasteiger partial charge in [-0.25, -0.2) is 14.5 Å². The van der Waals surface area contributed by atoms with E-state index in [4.69, 9.17) is 16.7 Å². The number of hydrogen-bond acceptors (Lipinski definition) is 8. The number of benzene rings is 1. The number of nitrogens with one attached hydrogen (secondary N) is 2. The number of nitrogens with zero attached hydrogens (tertiary/aromatic N) is 7. The van der Waals surface area contributed by atoms with Gasteiger partial charge in [0.25, 0.3) is 0 Å². The Morgan fingerprint density at radius 2 is 2.09 bits per heavy atom. The molecule has 0 saturated carbocycles. The number of anilines is 2. The maximum Gasteiger partial charge on any atom is 0.177 e. The Morgan fingerprint density at radius 1 is 1.23 bits per heavy atom. The molecule has 0 aliphatic carbocycles. The second-order valence-electron chi connectivity index (χ2n) is 8.57. The van der Waals surface area contributed by atoms with Crippen LogP contribution in [0, 0.1) is 11.3 Å². The van der Waals surface area contributed by atoms with E-state index in [0.717, 1.165) is 71.4 Å². The maximum atomic E-state index is 9.27. The third-order valence-corrected chi connectivity index (χ3v) is 7.39. The van der Waals surface area contributed by atoms with Gasteiger partial charge >= 0.3 is 0 Å². The van der Waals surface area contributed by atoms with Crippen LogP contribution in [0.5, 0.6) is 0 Å². The van der Waals surface area contributed by atoms with Gasteiger partial charge in [0.15, 0.2) is 11.5 Å². The van der Waals surface area contributed by atoms with Crippen LogP contribution >= 0.6 is 22.9 Å². The molecule has 1 saturated heterocycles. The van der Waals surface area contributed by atoms with Crippen LogP contribution in [0.25, 0.3) is 27.9 Å². The summed E-state index contributed by atoms with van der Waals surface area (Å²) < 4.78 is 1.87. The van der Waals surface area contributed by atoms with E-state index in [-0.39, 0.29) is 0 Å². The van der Waals surface area contributed by atoms with Crippen molar-refractivity contribution in [1.82, 2.24) is 29.5 Å². The molecule has 0 unspecified atom stereocenters. The maximum absolute atomic E-state index is 9.27. The number of nitriles is 1. The molecule has 0 amide bonds. The lowest BCUT2D eigenvalue weighted by molar-refractivity contribution is 0.311. The number of rotatable bonds is 5. The standard InChI is InChI=1S/C24H22ClN9S/c1-32-5-7-33(8-6-32)22-10-19(27-13-21-29-18-4-2-3-17(25)23(18)30-21)24-28-12-20(34(24)31-22)15-9-16(11-26)35-14-15/h2-4,9-10,12,14,27H,5-8,13H2,1H3,(H,29,30). The number of para-hydroxylation sites is 1. The molecule has 1 aliphatic heterocycles. The number of fused-ring (bicyclic) bond motifs is 2. The molecule has 2 N–H and O–H groups in total. The van der Waals surface area contributed by atoms with Crippen LogP contribution in [0.4, 0.5) is 11.5 Å². The fourth-order valence-electron chi connectivity index (χ4n) is 4.31. The normalized spacial score (nSPS) is 14.6. The lowest BCUT2D eigenvalue weighted by Crippen LogP contribution is -2.45. The smallest absolute Gasteiger partial charge is 0.177 e. The van der Waals surface area contributed by atoms with Crippen molar-refractivity contribution in [2.75, 3.05) is 43.4 Å². The Balaban J connectivity index is 1.39. The zero-order chi connectivity index (χ0) is 23.9. The van der Waals surface area contributed by atoms with Gasteiger partial charge in [-0.2, -0.15) is 5.26 Å². The molecule has 0 radical (unpaired) electrons. The summed E-state index contributed by atoms with van der Waals surface area (Å²) in [4.78, 5) is 17.9. The first-order valence-corrected chi connectivity index (χ1v) is 12.5. The van der Waals surface area contributed by atoms with Crippen molar-refractivity contribution in [3.8, 4) is 17.3 Å². The van der Waals surface area contributed by atoms with E-state index in [1.807, 2.05) is 40.4 Å². The Labute approximate surface area is 210 Å². The monoisotopic (exact) mass is 503 g/mol. The summed E-state index contributed by atoms with van der Waals surface area (Å²) in [6.07, 6.45) is 1.81. The first kappa shape index (κ1) is 21.9. The molecule has 4 aromatic heterocycles. The van der Waals surface area contributed by atoms with E-state index in [0.29, 0.717) is 16.4 Å². The summed E-state index contributed by atoms with van der Waals surface area (Å²) in [6.45, 7) is 4.24. The van der Waals surface area contributed by atoms with Crippen molar-refractivity contribution < 1.29 is 0 Å². The highest BCUT2D eigenvalue weighted by Crippen LogP contribution is 2.30. The molecule has 0 atom stereocenters. The second-order valence-corrected chi connectivity index (χ2v) is 9.89. The van der Waals surface area contributed by atoms with Crippen LogP contribution in [0.1, 0.15) is 10.7 Å². The summed E-state index contributed by atoms with van der Waals surface area (Å²) in [5, 5.41) is 20.3. The van der Waals surface area contributed by atoms with Crippen LogP contribution in [0.2, 0.25) is 5.02 Å². The minimum atomic E-state index is 0.478. The summed E-state index contributed by atoms with van der Waals surface area (Å²) in [7, 11) is 2.14. The van der Waals surface area contributed by atoms with Gasteiger partial charge in [-0.15, -0.1) is 16.4 Å². The lowest BCUT2D eigenvalue weighted by Gasteiger charge is -2.33. The molecule has 35 heavy (non-hydrogen) atoms. The molecular weight excluding hydrogens is 482 g/mol. The molecule has 176 valence electrons. The summed E-state index contributed by atoms with van der Waals surface area (Å²) in [6, 6.07) is 11.9. The van der Waals surface area contributed by atoms with E-state index in [9.17, 15) is 5.26 Å². The van der Waals surface area contributed by atoms with Crippen LogP contribution in [-0.2, 0) is 6.54 Å². The highest BCUT2D eigenvalue weighted by molar-refractivity contribution is 7.10. The fourth-order valence-corrected chi connectivity index (χ4v) is 5.22. The summed E-state index contributed by atoms with van der Waals surface area (Å²) in [5.41, 5.74) is 5.03. The number of piperazine rings is 1. The van der Waals surface area contributed by atoms with Crippen molar-refractivity contribution in [3.63, 3.8) is 0 Å². The Hall–Kier alpha value is -3.65. The number of aromatic amines is 1. The van der Waals surface area contributed by atoms with Gasteiger partial charge in [0.2, 0.25) is 0 Å². The molecule has 5 heterocycles. The third kappa shape index (κ3) is 4.08. The number of imidazole rings is 2. The predicted molar refractivity (Wildman–Crippen MR) is 139 cm³/mol. The van der Waals surface area contributed by atoms with Crippen LogP contribution < -0.4 is 10.2 Å².